The smallest absolute Gasteiger partial charge is 0.119 e. The van der Waals surface area contributed by atoms with Gasteiger partial charge in [-0.05, 0) is 31.0 Å². The lowest BCUT2D eigenvalue weighted by molar-refractivity contribution is 0.328. The quantitative estimate of drug-likeness (QED) is 0.708. The van der Waals surface area contributed by atoms with Crippen molar-refractivity contribution < 1.29 is 4.74 Å². The molecule has 0 aliphatic carbocycles. The van der Waals surface area contributed by atoms with E-state index in [0.29, 0.717) is 25.2 Å². The van der Waals surface area contributed by atoms with Gasteiger partial charge in [0.2, 0.25) is 0 Å². The number of nitrogens with one attached hydrogen (secondary N) is 2. The van der Waals surface area contributed by atoms with Gasteiger partial charge in [-0.1, -0.05) is 12.1 Å². The Morgan fingerprint density at radius 2 is 2.06 bits per heavy atom. The summed E-state index contributed by atoms with van der Waals surface area (Å²) in [7, 11) is 0. The molecule has 0 radical (unpaired) electrons. The number of hydrogen-bond acceptors (Lipinski definition) is 4. The van der Waals surface area contributed by atoms with Crippen LogP contribution in [0.3, 0.4) is 0 Å². The van der Waals surface area contributed by atoms with Crippen LogP contribution in [0.4, 0.5) is 0 Å². The topological polar surface area (TPSA) is 59.3 Å². The number of benzene rings is 1. The summed E-state index contributed by atoms with van der Waals surface area (Å²) in [6.45, 7) is 3.29. The summed E-state index contributed by atoms with van der Waals surface area (Å²) < 4.78 is 5.43. The summed E-state index contributed by atoms with van der Waals surface area (Å²) in [5.41, 5.74) is 13.2. The van der Waals surface area contributed by atoms with E-state index < -0.39 is 0 Å². The van der Waals surface area contributed by atoms with Crippen LogP contribution >= 0.6 is 0 Å². The minimum atomic E-state index is 0.401. The molecule has 4 nitrogen and oxygen atoms in total. The van der Waals surface area contributed by atoms with Crippen molar-refractivity contribution >= 4 is 0 Å². The molecule has 1 aromatic carbocycles. The fraction of sp³-hybridized carbons (Fsp3) is 0.500. The zero-order valence-electron chi connectivity index (χ0n) is 9.57. The van der Waals surface area contributed by atoms with Crippen molar-refractivity contribution in [2.45, 2.75) is 25.4 Å². The second-order valence-corrected chi connectivity index (χ2v) is 4.18. The summed E-state index contributed by atoms with van der Waals surface area (Å²) in [5, 5.41) is 0. The second-order valence-electron chi connectivity index (χ2n) is 4.18. The molecule has 2 unspecified atom stereocenters. The number of rotatable bonds is 4. The molecular formula is C12H19N3O. The number of nitrogens with two attached hydrogens (primary N) is 1. The van der Waals surface area contributed by atoms with E-state index in [1.165, 1.54) is 5.56 Å². The molecule has 1 heterocycles. The van der Waals surface area contributed by atoms with Crippen molar-refractivity contribution in [2.24, 2.45) is 5.73 Å². The maximum Gasteiger partial charge on any atom is 0.119 e. The van der Waals surface area contributed by atoms with Crippen LogP contribution in [0.2, 0.25) is 0 Å². The Morgan fingerprint density at radius 3 is 2.62 bits per heavy atom. The first-order valence-corrected chi connectivity index (χ1v) is 5.73. The number of hydrazine groups is 1. The van der Waals surface area contributed by atoms with Crippen molar-refractivity contribution in [3.63, 3.8) is 0 Å². The first-order valence-electron chi connectivity index (χ1n) is 5.73. The Morgan fingerprint density at radius 1 is 1.31 bits per heavy atom. The highest BCUT2D eigenvalue weighted by molar-refractivity contribution is 5.29. The molecule has 1 fully saturated rings. The van der Waals surface area contributed by atoms with E-state index in [1.807, 2.05) is 12.1 Å². The molecule has 88 valence electrons. The van der Waals surface area contributed by atoms with Crippen LogP contribution in [-0.4, -0.2) is 19.2 Å². The molecule has 4 N–H and O–H groups in total. The predicted octanol–water partition coefficient (Wildman–Crippen LogP) is 0.952. The second kappa shape index (κ2) is 5.30. The Labute approximate surface area is 96.1 Å². The van der Waals surface area contributed by atoms with Crippen LogP contribution in [0.5, 0.6) is 5.75 Å². The zero-order valence-corrected chi connectivity index (χ0v) is 9.57. The van der Waals surface area contributed by atoms with Gasteiger partial charge in [-0.25, -0.2) is 0 Å². The molecule has 2 rings (SSSR count). The number of hydrogen-bond donors (Lipinski definition) is 3. The highest BCUT2D eigenvalue weighted by Crippen LogP contribution is 2.23. The fourth-order valence-electron chi connectivity index (χ4n) is 1.91. The molecule has 0 spiro atoms. The van der Waals surface area contributed by atoms with Gasteiger partial charge in [-0.3, -0.25) is 10.9 Å². The van der Waals surface area contributed by atoms with Crippen LogP contribution in [0, 0.1) is 0 Å². The van der Waals surface area contributed by atoms with Gasteiger partial charge in [0.05, 0.1) is 0 Å². The Kier molecular flexibility index (Phi) is 3.77. The third-order valence-electron chi connectivity index (χ3n) is 2.76. The first kappa shape index (κ1) is 11.4. The highest BCUT2D eigenvalue weighted by Gasteiger charge is 2.21. The molecule has 0 aromatic heterocycles. The third kappa shape index (κ3) is 2.72. The molecule has 4 heteroatoms. The van der Waals surface area contributed by atoms with Gasteiger partial charge in [0.1, 0.15) is 12.4 Å². The average Bonchev–Trinajstić information content (AvgIpc) is 2.74. The van der Waals surface area contributed by atoms with Crippen LogP contribution in [0.25, 0.3) is 0 Å². The summed E-state index contributed by atoms with van der Waals surface area (Å²) in [4.78, 5) is 0. The average molecular weight is 221 g/mol. The molecule has 0 bridgehead atoms. The molecule has 1 aliphatic heterocycles. The predicted molar refractivity (Wildman–Crippen MR) is 64.1 cm³/mol. The van der Waals surface area contributed by atoms with Crippen LogP contribution in [0.1, 0.15) is 24.9 Å². The summed E-state index contributed by atoms with van der Waals surface area (Å²) in [6, 6.07) is 9.12. The molecule has 0 amide bonds. The van der Waals surface area contributed by atoms with E-state index in [1.54, 1.807) is 0 Å². The van der Waals surface area contributed by atoms with Gasteiger partial charge >= 0.3 is 0 Å². The van der Waals surface area contributed by atoms with E-state index >= 15 is 0 Å². The fourth-order valence-corrected chi connectivity index (χ4v) is 1.91. The first-order chi connectivity index (χ1) is 7.79. The van der Waals surface area contributed by atoms with Crippen LogP contribution in [0.15, 0.2) is 24.3 Å². The van der Waals surface area contributed by atoms with Crippen LogP contribution in [-0.2, 0) is 0 Å². The Balaban J connectivity index is 1.96. The van der Waals surface area contributed by atoms with Crippen LogP contribution < -0.4 is 21.3 Å². The van der Waals surface area contributed by atoms with Gasteiger partial charge in [0.25, 0.3) is 0 Å². The Hall–Kier alpha value is -1.10. The summed E-state index contributed by atoms with van der Waals surface area (Å²) >= 11 is 0. The lowest BCUT2D eigenvalue weighted by atomic mass is 10.0. The van der Waals surface area contributed by atoms with E-state index in [9.17, 15) is 0 Å². The molecule has 2 atom stereocenters. The molecule has 1 aliphatic rings. The molecular weight excluding hydrogens is 202 g/mol. The third-order valence-corrected chi connectivity index (χ3v) is 2.76. The highest BCUT2D eigenvalue weighted by atomic mass is 16.5. The molecule has 0 saturated carbocycles. The van der Waals surface area contributed by atoms with E-state index in [0.717, 1.165) is 12.2 Å². The van der Waals surface area contributed by atoms with Gasteiger partial charge in [-0.15, -0.1) is 0 Å². The minimum Gasteiger partial charge on any atom is -0.492 e. The van der Waals surface area contributed by atoms with Crippen molar-refractivity contribution in [3.8, 4) is 5.75 Å². The van der Waals surface area contributed by atoms with Gasteiger partial charge in [0.15, 0.2) is 0 Å². The lowest BCUT2D eigenvalue weighted by Gasteiger charge is -2.11. The normalized spacial score (nSPS) is 24.6. The summed E-state index contributed by atoms with van der Waals surface area (Å²) in [6.07, 6.45) is 1.11. The summed E-state index contributed by atoms with van der Waals surface area (Å²) in [5.74, 6) is 0.883. The SMILES string of the molecule is CC1CC(c2ccc(OCCN)cc2)NN1. The molecule has 16 heavy (non-hydrogen) atoms. The zero-order chi connectivity index (χ0) is 11.4. The monoisotopic (exact) mass is 221 g/mol. The van der Waals surface area contributed by atoms with Gasteiger partial charge in [-0.2, -0.15) is 0 Å². The standard InChI is InChI=1S/C12H19N3O/c1-9-8-12(15-14-9)10-2-4-11(5-3-10)16-7-6-13/h2-5,9,12,14-15H,6-8,13H2,1H3. The lowest BCUT2D eigenvalue weighted by Crippen LogP contribution is -2.28. The number of ether oxygens (including phenoxy) is 1. The minimum absolute atomic E-state index is 0.401. The Bertz CT molecular complexity index is 326. The maximum absolute atomic E-state index is 5.43. The maximum atomic E-state index is 5.43. The molecule has 1 saturated heterocycles. The van der Waals surface area contributed by atoms with Gasteiger partial charge < -0.3 is 10.5 Å². The largest absolute Gasteiger partial charge is 0.492 e. The van der Waals surface area contributed by atoms with E-state index in [4.69, 9.17) is 10.5 Å². The van der Waals surface area contributed by atoms with Crippen molar-refractivity contribution in [2.75, 3.05) is 13.2 Å². The van der Waals surface area contributed by atoms with E-state index in [-0.39, 0.29) is 0 Å². The van der Waals surface area contributed by atoms with Crippen molar-refractivity contribution in [3.05, 3.63) is 29.8 Å². The molecule has 1 aromatic rings. The van der Waals surface area contributed by atoms with Crippen molar-refractivity contribution in [1.29, 1.82) is 0 Å². The van der Waals surface area contributed by atoms with Gasteiger partial charge in [0, 0.05) is 18.6 Å². The van der Waals surface area contributed by atoms with Crippen molar-refractivity contribution in [1.82, 2.24) is 10.9 Å². The van der Waals surface area contributed by atoms with E-state index in [2.05, 4.69) is 29.9 Å².